The Labute approximate surface area is 153 Å². The van der Waals surface area contributed by atoms with E-state index in [2.05, 4.69) is 48.2 Å². The van der Waals surface area contributed by atoms with Crippen molar-refractivity contribution >= 4 is 16.6 Å². The molecule has 5 rings (SSSR count). The van der Waals surface area contributed by atoms with Gasteiger partial charge in [-0.3, -0.25) is 10.00 Å². The fourth-order valence-corrected chi connectivity index (χ4v) is 4.23. The van der Waals surface area contributed by atoms with Crippen LogP contribution in [0.3, 0.4) is 0 Å². The monoisotopic (exact) mass is 348 g/mol. The lowest BCUT2D eigenvalue weighted by Gasteiger charge is -2.36. The Morgan fingerprint density at radius 3 is 2.85 bits per heavy atom. The molecule has 1 aliphatic heterocycles. The summed E-state index contributed by atoms with van der Waals surface area (Å²) >= 11 is 0. The highest BCUT2D eigenvalue weighted by Crippen LogP contribution is 2.25. The molecule has 6 heteroatoms. The van der Waals surface area contributed by atoms with E-state index < -0.39 is 0 Å². The van der Waals surface area contributed by atoms with Crippen LogP contribution in [-0.4, -0.2) is 51.2 Å². The first-order chi connectivity index (χ1) is 12.9. The molecule has 2 aromatic heterocycles. The first kappa shape index (κ1) is 15.8. The molecule has 3 heterocycles. The van der Waals surface area contributed by atoms with E-state index in [4.69, 9.17) is 0 Å². The smallest absolute Gasteiger partial charge is 0.116 e. The number of hydrogen-bond acceptors (Lipinski definition) is 5. The van der Waals surface area contributed by atoms with Gasteiger partial charge in [0.05, 0.1) is 11.2 Å². The molecule has 3 aromatic rings. The Kier molecular flexibility index (Phi) is 4.05. The number of fused-ring (bicyclic) bond motifs is 2. The fourth-order valence-electron chi connectivity index (χ4n) is 4.23. The van der Waals surface area contributed by atoms with E-state index in [9.17, 15) is 0 Å². The summed E-state index contributed by atoms with van der Waals surface area (Å²) in [5, 5.41) is 8.98. The van der Waals surface area contributed by atoms with Gasteiger partial charge >= 0.3 is 0 Å². The van der Waals surface area contributed by atoms with Crippen LogP contribution in [0.4, 0.5) is 5.69 Å². The van der Waals surface area contributed by atoms with Gasteiger partial charge in [-0.2, -0.15) is 5.10 Å². The topological polar surface area (TPSA) is 60.9 Å². The highest BCUT2D eigenvalue weighted by atomic mass is 15.3. The maximum absolute atomic E-state index is 4.61. The van der Waals surface area contributed by atoms with Gasteiger partial charge in [0, 0.05) is 55.7 Å². The second kappa shape index (κ2) is 6.68. The minimum atomic E-state index is 0.977. The Balaban J connectivity index is 1.25. The minimum Gasteiger partial charge on any atom is -0.369 e. The third-order valence-electron chi connectivity index (χ3n) is 5.74. The molecule has 0 saturated carbocycles. The van der Waals surface area contributed by atoms with E-state index >= 15 is 0 Å². The maximum atomic E-state index is 4.61. The second-order valence-electron chi connectivity index (χ2n) is 7.36. The van der Waals surface area contributed by atoms with E-state index in [0.29, 0.717) is 0 Å². The summed E-state index contributed by atoms with van der Waals surface area (Å²) in [5.41, 5.74) is 6.42. The van der Waals surface area contributed by atoms with Gasteiger partial charge in [-0.15, -0.1) is 0 Å². The number of aromatic nitrogens is 4. The van der Waals surface area contributed by atoms with Gasteiger partial charge in [0.1, 0.15) is 6.33 Å². The Hall–Kier alpha value is -2.47. The molecule has 6 nitrogen and oxygen atoms in total. The number of H-pyrrole nitrogens is 1. The summed E-state index contributed by atoms with van der Waals surface area (Å²) in [4.78, 5) is 13.4. The molecule has 1 saturated heterocycles. The van der Waals surface area contributed by atoms with E-state index in [1.54, 1.807) is 6.33 Å². The van der Waals surface area contributed by atoms with Crippen LogP contribution < -0.4 is 4.90 Å². The first-order valence-corrected chi connectivity index (χ1v) is 9.59. The SMILES string of the molecule is c1ncc2cc(N3CCN(Cc4n[nH]c5c4CCCC5)CC3)ccc2n1. The molecule has 26 heavy (non-hydrogen) atoms. The van der Waals surface area contributed by atoms with Gasteiger partial charge in [0.15, 0.2) is 0 Å². The molecule has 1 aromatic carbocycles. The summed E-state index contributed by atoms with van der Waals surface area (Å²) in [6, 6.07) is 6.47. The van der Waals surface area contributed by atoms with Crippen LogP contribution in [0.1, 0.15) is 29.8 Å². The van der Waals surface area contributed by atoms with Crippen LogP contribution in [0.2, 0.25) is 0 Å². The molecule has 1 aliphatic carbocycles. The van der Waals surface area contributed by atoms with Crippen molar-refractivity contribution in [3.8, 4) is 0 Å². The number of rotatable bonds is 3. The molecular formula is C20H24N6. The molecular weight excluding hydrogens is 324 g/mol. The van der Waals surface area contributed by atoms with Crippen LogP contribution in [0.15, 0.2) is 30.7 Å². The molecule has 0 bridgehead atoms. The molecule has 0 radical (unpaired) electrons. The average Bonchev–Trinajstić information content (AvgIpc) is 3.11. The Morgan fingerprint density at radius 1 is 1.04 bits per heavy atom. The largest absolute Gasteiger partial charge is 0.369 e. The highest BCUT2D eigenvalue weighted by molar-refractivity contribution is 5.81. The van der Waals surface area contributed by atoms with Gasteiger partial charge in [0.25, 0.3) is 0 Å². The van der Waals surface area contributed by atoms with Gasteiger partial charge in [-0.25, -0.2) is 9.97 Å². The van der Waals surface area contributed by atoms with Gasteiger partial charge in [0.2, 0.25) is 0 Å². The summed E-state index contributed by atoms with van der Waals surface area (Å²) in [6.45, 7) is 5.22. The van der Waals surface area contributed by atoms with Crippen LogP contribution in [0.25, 0.3) is 10.9 Å². The van der Waals surface area contributed by atoms with Crippen molar-refractivity contribution in [2.24, 2.45) is 0 Å². The normalized spacial score (nSPS) is 18.2. The van der Waals surface area contributed by atoms with Crippen molar-refractivity contribution in [1.29, 1.82) is 0 Å². The fraction of sp³-hybridized carbons (Fsp3) is 0.450. The number of aromatic amines is 1. The number of nitrogens with zero attached hydrogens (tertiary/aromatic N) is 5. The van der Waals surface area contributed by atoms with Crippen molar-refractivity contribution in [1.82, 2.24) is 25.1 Å². The minimum absolute atomic E-state index is 0.977. The molecule has 0 unspecified atom stereocenters. The van der Waals surface area contributed by atoms with Crippen LogP contribution in [0.5, 0.6) is 0 Å². The van der Waals surface area contributed by atoms with Crippen LogP contribution >= 0.6 is 0 Å². The summed E-state index contributed by atoms with van der Waals surface area (Å²) < 4.78 is 0. The third kappa shape index (κ3) is 2.94. The molecule has 2 aliphatic rings. The third-order valence-corrected chi connectivity index (χ3v) is 5.74. The zero-order chi connectivity index (χ0) is 17.3. The van der Waals surface area contributed by atoms with Gasteiger partial charge in [-0.05, 0) is 49.4 Å². The summed E-state index contributed by atoms with van der Waals surface area (Å²) in [7, 11) is 0. The lowest BCUT2D eigenvalue weighted by molar-refractivity contribution is 0.246. The summed E-state index contributed by atoms with van der Waals surface area (Å²) in [5.74, 6) is 0. The number of anilines is 1. The van der Waals surface area contributed by atoms with Gasteiger partial charge < -0.3 is 4.90 Å². The van der Waals surface area contributed by atoms with Crippen molar-refractivity contribution in [2.45, 2.75) is 32.2 Å². The molecule has 134 valence electrons. The van der Waals surface area contributed by atoms with Crippen molar-refractivity contribution in [3.05, 3.63) is 47.7 Å². The number of hydrogen-bond donors (Lipinski definition) is 1. The molecule has 0 amide bonds. The Morgan fingerprint density at radius 2 is 1.92 bits per heavy atom. The van der Waals surface area contributed by atoms with Crippen LogP contribution in [-0.2, 0) is 19.4 Å². The molecule has 0 spiro atoms. The number of nitrogens with one attached hydrogen (secondary N) is 1. The van der Waals surface area contributed by atoms with Crippen LogP contribution in [0, 0.1) is 0 Å². The predicted molar refractivity (Wildman–Crippen MR) is 102 cm³/mol. The molecule has 1 N–H and O–H groups in total. The number of piperazine rings is 1. The predicted octanol–water partition coefficient (Wildman–Crippen LogP) is 2.55. The van der Waals surface area contributed by atoms with Gasteiger partial charge in [-0.1, -0.05) is 0 Å². The van der Waals surface area contributed by atoms with E-state index in [-0.39, 0.29) is 0 Å². The second-order valence-corrected chi connectivity index (χ2v) is 7.36. The summed E-state index contributed by atoms with van der Waals surface area (Å²) in [6.07, 6.45) is 8.46. The lowest BCUT2D eigenvalue weighted by Crippen LogP contribution is -2.46. The zero-order valence-electron chi connectivity index (χ0n) is 15.0. The highest BCUT2D eigenvalue weighted by Gasteiger charge is 2.22. The maximum Gasteiger partial charge on any atom is 0.116 e. The molecule has 0 atom stereocenters. The standard InChI is InChI=1S/C20H24N6/c1-2-4-19-17(3-1)20(24-23-19)13-25-7-9-26(10-8-25)16-5-6-18-15(11-16)12-21-14-22-18/h5-6,11-12,14H,1-4,7-10,13H2,(H,23,24). The first-order valence-electron chi connectivity index (χ1n) is 9.59. The van der Waals surface area contributed by atoms with Crippen molar-refractivity contribution in [3.63, 3.8) is 0 Å². The van der Waals surface area contributed by atoms with Crippen molar-refractivity contribution in [2.75, 3.05) is 31.1 Å². The average molecular weight is 348 g/mol. The van der Waals surface area contributed by atoms with E-state index in [0.717, 1.165) is 43.6 Å². The molecule has 1 fully saturated rings. The number of aryl methyl sites for hydroxylation is 1. The number of benzene rings is 1. The zero-order valence-corrected chi connectivity index (χ0v) is 15.0. The lowest BCUT2D eigenvalue weighted by atomic mass is 9.96. The quantitative estimate of drug-likeness (QED) is 0.788. The van der Waals surface area contributed by atoms with E-state index in [1.807, 2.05) is 6.20 Å². The van der Waals surface area contributed by atoms with E-state index in [1.165, 1.54) is 48.3 Å². The van der Waals surface area contributed by atoms with Crippen molar-refractivity contribution < 1.29 is 0 Å². The Bertz CT molecular complexity index is 910.